The van der Waals surface area contributed by atoms with Crippen LogP contribution in [0.25, 0.3) is 0 Å². The molecule has 32 heavy (non-hydrogen) atoms. The topological polar surface area (TPSA) is 74.3 Å². The summed E-state index contributed by atoms with van der Waals surface area (Å²) in [7, 11) is 3.48. The molecule has 3 heterocycles. The first-order valence-corrected chi connectivity index (χ1v) is 11.8. The summed E-state index contributed by atoms with van der Waals surface area (Å²) in [5, 5.41) is 7.19. The molecule has 6 nitrogen and oxygen atoms in total. The van der Waals surface area contributed by atoms with E-state index in [0.717, 1.165) is 5.56 Å². The molecule has 0 saturated carbocycles. The zero-order valence-electron chi connectivity index (χ0n) is 18.9. The fourth-order valence-corrected chi connectivity index (χ4v) is 5.76. The molecule has 170 valence electrons. The number of carbonyl (C=O) groups excluding carboxylic acids is 2. The quantitative estimate of drug-likeness (QED) is 0.592. The lowest BCUT2D eigenvalue weighted by Gasteiger charge is -2.37. The van der Waals surface area contributed by atoms with E-state index in [0.29, 0.717) is 27.4 Å². The normalized spacial score (nSPS) is 26.8. The third-order valence-corrected chi connectivity index (χ3v) is 7.06. The number of hydrogen-bond acceptors (Lipinski definition) is 4. The number of aromatic nitrogens is 1. The number of likely N-dealkylation sites (N-methyl/N-ethyl adjacent to an activating group) is 1. The van der Waals surface area contributed by atoms with Crippen LogP contribution in [0.4, 0.5) is 5.69 Å². The van der Waals surface area contributed by atoms with Crippen LogP contribution < -0.4 is 10.6 Å². The van der Waals surface area contributed by atoms with Crippen molar-refractivity contribution in [1.29, 1.82) is 0 Å². The molecule has 2 N–H and O–H groups in total. The smallest absolute Gasteiger partial charge is 0.239 e. The Hall–Kier alpha value is -1.96. The number of pyridine rings is 1. The highest BCUT2D eigenvalue weighted by atomic mass is 79.9. The van der Waals surface area contributed by atoms with E-state index in [1.165, 1.54) is 0 Å². The highest BCUT2D eigenvalue weighted by Gasteiger charge is 2.66. The summed E-state index contributed by atoms with van der Waals surface area (Å²) in [5.74, 6) is -0.704. The number of hydrogen-bond donors (Lipinski definition) is 2. The van der Waals surface area contributed by atoms with Crippen molar-refractivity contribution in [3.8, 4) is 0 Å². The molecule has 1 aromatic carbocycles. The zero-order valence-corrected chi connectivity index (χ0v) is 21.2. The maximum Gasteiger partial charge on any atom is 0.239 e. The van der Waals surface area contributed by atoms with Gasteiger partial charge in [0.05, 0.1) is 6.04 Å². The van der Waals surface area contributed by atoms with Crippen LogP contribution in [0, 0.1) is 5.41 Å². The standard InChI is InChI=1S/C24H28BrClN4O2/c1-23(2,3)12-17-24(14-10-9-13(26)11-16(14)28-22(24)32)19(15-7-6-8-18(25)27-15)20(29-17)21(31)30(4)5/h6-11,17,19-20,29H,12H2,1-5H3,(H,28,32). The van der Waals surface area contributed by atoms with Gasteiger partial charge in [-0.15, -0.1) is 0 Å². The van der Waals surface area contributed by atoms with Gasteiger partial charge in [-0.1, -0.05) is 44.5 Å². The number of fused-ring (bicyclic) bond motifs is 2. The van der Waals surface area contributed by atoms with Gasteiger partial charge in [0.25, 0.3) is 0 Å². The van der Waals surface area contributed by atoms with E-state index in [1.54, 1.807) is 25.1 Å². The highest BCUT2D eigenvalue weighted by Crippen LogP contribution is 2.56. The second-order valence-electron chi connectivity index (χ2n) is 10.1. The van der Waals surface area contributed by atoms with Crippen LogP contribution in [0.15, 0.2) is 41.0 Å². The van der Waals surface area contributed by atoms with Gasteiger partial charge in [0.15, 0.2) is 0 Å². The van der Waals surface area contributed by atoms with Gasteiger partial charge in [-0.05, 0) is 57.6 Å². The maximum absolute atomic E-state index is 13.9. The van der Waals surface area contributed by atoms with Gasteiger partial charge in [-0.2, -0.15) is 0 Å². The minimum absolute atomic E-state index is 0.0779. The Balaban J connectivity index is 2.01. The van der Waals surface area contributed by atoms with Crippen LogP contribution in [-0.2, 0) is 15.0 Å². The lowest BCUT2D eigenvalue weighted by Crippen LogP contribution is -2.49. The first kappa shape index (κ1) is 23.2. The van der Waals surface area contributed by atoms with E-state index in [4.69, 9.17) is 16.6 Å². The van der Waals surface area contributed by atoms with E-state index >= 15 is 0 Å². The third-order valence-electron chi connectivity index (χ3n) is 6.38. The summed E-state index contributed by atoms with van der Waals surface area (Å²) >= 11 is 9.73. The Morgan fingerprint density at radius 2 is 1.97 bits per heavy atom. The minimum Gasteiger partial charge on any atom is -0.347 e. The molecule has 0 radical (unpaired) electrons. The van der Waals surface area contributed by atoms with E-state index in [1.807, 2.05) is 30.3 Å². The molecule has 1 aromatic heterocycles. The summed E-state index contributed by atoms with van der Waals surface area (Å²) in [6.07, 6.45) is 0.699. The molecule has 1 fully saturated rings. The van der Waals surface area contributed by atoms with Crippen molar-refractivity contribution < 1.29 is 9.59 Å². The Kier molecular flexibility index (Phi) is 5.89. The maximum atomic E-state index is 13.9. The number of benzene rings is 1. The van der Waals surface area contributed by atoms with Gasteiger partial charge >= 0.3 is 0 Å². The lowest BCUT2D eigenvalue weighted by atomic mass is 9.63. The minimum atomic E-state index is -1.00. The number of carbonyl (C=O) groups is 2. The average molecular weight is 520 g/mol. The van der Waals surface area contributed by atoms with Crippen LogP contribution >= 0.6 is 27.5 Å². The summed E-state index contributed by atoms with van der Waals surface area (Å²) in [6.45, 7) is 6.43. The van der Waals surface area contributed by atoms with Crippen LogP contribution in [0.5, 0.6) is 0 Å². The Labute approximate surface area is 202 Å². The van der Waals surface area contributed by atoms with Crippen molar-refractivity contribution in [2.24, 2.45) is 5.41 Å². The molecule has 1 spiro atoms. The van der Waals surface area contributed by atoms with Crippen molar-refractivity contribution in [3.63, 3.8) is 0 Å². The predicted octanol–water partition coefficient (Wildman–Crippen LogP) is 4.34. The number of rotatable bonds is 3. The molecule has 4 atom stereocenters. The summed E-state index contributed by atoms with van der Waals surface area (Å²) in [4.78, 5) is 33.6. The largest absolute Gasteiger partial charge is 0.347 e. The van der Waals surface area contributed by atoms with Crippen molar-refractivity contribution in [2.75, 3.05) is 19.4 Å². The summed E-state index contributed by atoms with van der Waals surface area (Å²) < 4.78 is 0.662. The molecule has 1 saturated heterocycles. The van der Waals surface area contributed by atoms with Crippen molar-refractivity contribution in [3.05, 3.63) is 57.3 Å². The van der Waals surface area contributed by atoms with E-state index in [2.05, 4.69) is 47.3 Å². The van der Waals surface area contributed by atoms with Crippen molar-refractivity contribution in [1.82, 2.24) is 15.2 Å². The first-order valence-electron chi connectivity index (χ1n) is 10.7. The van der Waals surface area contributed by atoms with Crippen LogP contribution in [-0.4, -0.2) is 47.9 Å². The van der Waals surface area contributed by atoms with Gasteiger partial charge in [0, 0.05) is 42.5 Å². The SMILES string of the molecule is CN(C)C(=O)C1NC(CC(C)(C)C)C2(C(=O)Nc3cc(Cl)ccc32)C1c1cccc(Br)n1. The van der Waals surface area contributed by atoms with E-state index in [9.17, 15) is 9.59 Å². The molecule has 0 aliphatic carbocycles. The van der Waals surface area contributed by atoms with Crippen molar-refractivity contribution in [2.45, 2.75) is 50.6 Å². The van der Waals surface area contributed by atoms with Crippen molar-refractivity contribution >= 4 is 45.0 Å². The molecule has 2 aliphatic rings. The Bertz CT molecular complexity index is 1080. The molecule has 2 aromatic rings. The number of anilines is 1. The fraction of sp³-hybridized carbons (Fsp3) is 0.458. The van der Waals surface area contributed by atoms with Gasteiger partial charge in [0.1, 0.15) is 10.0 Å². The second-order valence-corrected chi connectivity index (χ2v) is 11.3. The molecule has 0 bridgehead atoms. The zero-order chi connectivity index (χ0) is 23.4. The lowest BCUT2D eigenvalue weighted by molar-refractivity contribution is -0.131. The van der Waals surface area contributed by atoms with Crippen LogP contribution in [0.3, 0.4) is 0 Å². The molecule has 4 rings (SSSR count). The van der Waals surface area contributed by atoms with Gasteiger partial charge in [-0.25, -0.2) is 4.98 Å². The highest BCUT2D eigenvalue weighted by molar-refractivity contribution is 9.10. The Morgan fingerprint density at radius 1 is 1.25 bits per heavy atom. The van der Waals surface area contributed by atoms with Gasteiger partial charge < -0.3 is 15.5 Å². The number of amides is 2. The predicted molar refractivity (Wildman–Crippen MR) is 130 cm³/mol. The van der Waals surface area contributed by atoms with Gasteiger partial charge in [-0.3, -0.25) is 9.59 Å². The molecule has 8 heteroatoms. The molecular weight excluding hydrogens is 492 g/mol. The molecular formula is C24H28BrClN4O2. The number of halogens is 2. The molecule has 4 unspecified atom stereocenters. The number of nitrogens with one attached hydrogen (secondary N) is 2. The third kappa shape index (κ3) is 3.74. The van der Waals surface area contributed by atoms with Crippen LogP contribution in [0.2, 0.25) is 5.02 Å². The average Bonchev–Trinajstić information content (AvgIpc) is 3.15. The van der Waals surface area contributed by atoms with E-state index < -0.39 is 17.4 Å². The van der Waals surface area contributed by atoms with E-state index in [-0.39, 0.29) is 23.3 Å². The Morgan fingerprint density at radius 3 is 2.59 bits per heavy atom. The second kappa shape index (κ2) is 8.12. The fourth-order valence-electron chi connectivity index (χ4n) is 5.23. The molecule has 2 amide bonds. The monoisotopic (exact) mass is 518 g/mol. The summed E-state index contributed by atoms with van der Waals surface area (Å²) in [5.41, 5.74) is 1.17. The summed E-state index contributed by atoms with van der Waals surface area (Å²) in [6, 6.07) is 10.3. The first-order chi connectivity index (χ1) is 14.9. The molecule has 2 aliphatic heterocycles. The van der Waals surface area contributed by atoms with Gasteiger partial charge in [0.2, 0.25) is 11.8 Å². The van der Waals surface area contributed by atoms with Crippen LogP contribution in [0.1, 0.15) is 44.4 Å². The number of nitrogens with zero attached hydrogens (tertiary/aromatic N) is 2.